The van der Waals surface area contributed by atoms with Crippen LogP contribution in [0.5, 0.6) is 11.5 Å². The quantitative estimate of drug-likeness (QED) is 0.513. The summed E-state index contributed by atoms with van der Waals surface area (Å²) in [5.41, 5.74) is -0.154. The molecule has 1 heterocycles. The van der Waals surface area contributed by atoms with E-state index >= 15 is 0 Å². The zero-order chi connectivity index (χ0) is 13.1. The predicted molar refractivity (Wildman–Crippen MR) is 75.2 cm³/mol. The molecule has 0 N–H and O–H groups in total. The second-order valence-corrected chi connectivity index (χ2v) is 5.09. The Balaban J connectivity index is 2.37. The predicted octanol–water partition coefficient (Wildman–Crippen LogP) is 4.53. The highest BCUT2D eigenvalue weighted by molar-refractivity contribution is 7.79. The van der Waals surface area contributed by atoms with Gasteiger partial charge >= 0.3 is 5.69 Å². The van der Waals surface area contributed by atoms with Gasteiger partial charge < -0.3 is 4.74 Å². The Morgan fingerprint density at radius 3 is 2.83 bits per heavy atom. The maximum absolute atomic E-state index is 10.9. The number of nitro benzene ring substituents is 1. The van der Waals surface area contributed by atoms with Crippen molar-refractivity contribution in [3.63, 3.8) is 0 Å². The number of nitro groups is 1. The number of halogens is 1. The molecule has 0 saturated heterocycles. The monoisotopic (exact) mass is 301 g/mol. The van der Waals surface area contributed by atoms with Crippen molar-refractivity contribution in [2.24, 2.45) is 0 Å². The van der Waals surface area contributed by atoms with Crippen LogP contribution in [0.25, 0.3) is 0 Å². The van der Waals surface area contributed by atoms with Crippen LogP contribution in [-0.2, 0) is 5.75 Å². The Kier molecular flexibility index (Phi) is 4.11. The van der Waals surface area contributed by atoms with E-state index in [2.05, 4.69) is 12.6 Å². The first-order chi connectivity index (χ1) is 8.61. The minimum absolute atomic E-state index is 0.154. The van der Waals surface area contributed by atoms with Crippen molar-refractivity contribution >= 4 is 41.3 Å². The molecular weight excluding hydrogens is 294 g/mol. The van der Waals surface area contributed by atoms with Crippen LogP contribution in [0.4, 0.5) is 5.69 Å². The highest BCUT2D eigenvalue weighted by Gasteiger charge is 2.17. The molecular formula is C11H8ClNO3S2. The first-order valence-corrected chi connectivity index (χ1v) is 6.80. The first kappa shape index (κ1) is 13.2. The fourth-order valence-corrected chi connectivity index (χ4v) is 2.58. The molecule has 1 aromatic heterocycles. The summed E-state index contributed by atoms with van der Waals surface area (Å²) < 4.78 is 5.55. The highest BCUT2D eigenvalue weighted by Crippen LogP contribution is 2.36. The van der Waals surface area contributed by atoms with Crippen molar-refractivity contribution in [1.82, 2.24) is 0 Å². The smallest absolute Gasteiger partial charge is 0.313 e. The molecule has 0 amide bonds. The van der Waals surface area contributed by atoms with E-state index in [0.29, 0.717) is 16.5 Å². The van der Waals surface area contributed by atoms with Crippen LogP contribution in [0, 0.1) is 10.1 Å². The second-order valence-electron chi connectivity index (χ2n) is 3.34. The van der Waals surface area contributed by atoms with Gasteiger partial charge in [-0.05, 0) is 23.6 Å². The topological polar surface area (TPSA) is 52.4 Å². The zero-order valence-corrected chi connectivity index (χ0v) is 11.5. The largest absolute Gasteiger partial charge is 0.449 e. The van der Waals surface area contributed by atoms with Crippen molar-refractivity contribution in [2.75, 3.05) is 0 Å². The number of ether oxygens (including phenoxy) is 1. The third-order valence-electron chi connectivity index (χ3n) is 2.19. The first-order valence-electron chi connectivity index (χ1n) is 4.91. The van der Waals surface area contributed by atoms with Gasteiger partial charge in [0.2, 0.25) is 5.75 Å². The van der Waals surface area contributed by atoms with Crippen LogP contribution < -0.4 is 4.74 Å². The molecule has 0 saturated carbocycles. The number of rotatable bonds is 4. The van der Waals surface area contributed by atoms with Gasteiger partial charge in [0.1, 0.15) is 5.75 Å². The summed E-state index contributed by atoms with van der Waals surface area (Å²) in [6.45, 7) is 0. The van der Waals surface area contributed by atoms with Gasteiger partial charge in [0.25, 0.3) is 0 Å². The summed E-state index contributed by atoms with van der Waals surface area (Å²) in [5, 5.41) is 13.1. The average Bonchev–Trinajstić information content (AvgIpc) is 2.78. The Hall–Kier alpha value is -1.24. The molecule has 18 heavy (non-hydrogen) atoms. The van der Waals surface area contributed by atoms with E-state index in [-0.39, 0.29) is 11.4 Å². The molecule has 1 aromatic carbocycles. The van der Waals surface area contributed by atoms with Gasteiger partial charge in [-0.3, -0.25) is 10.1 Å². The lowest BCUT2D eigenvalue weighted by Gasteiger charge is -2.06. The molecule has 94 valence electrons. The average molecular weight is 302 g/mol. The minimum Gasteiger partial charge on any atom is -0.449 e. The van der Waals surface area contributed by atoms with Gasteiger partial charge in [-0.25, -0.2) is 0 Å². The minimum atomic E-state index is -0.520. The second kappa shape index (κ2) is 5.60. The standard InChI is InChI=1S/C11H8ClNO3S2/c12-7-1-2-9(8(5-7)13(14)15)16-10-3-4-18-11(10)6-17/h1-5,17H,6H2. The maximum Gasteiger partial charge on any atom is 0.313 e. The number of thiophene rings is 1. The van der Waals surface area contributed by atoms with Crippen molar-refractivity contribution in [3.05, 3.63) is 49.7 Å². The van der Waals surface area contributed by atoms with E-state index in [1.54, 1.807) is 12.1 Å². The van der Waals surface area contributed by atoms with E-state index in [1.165, 1.54) is 23.5 Å². The third-order valence-corrected chi connectivity index (χ3v) is 3.85. The van der Waals surface area contributed by atoms with E-state index in [4.69, 9.17) is 16.3 Å². The fraction of sp³-hybridized carbons (Fsp3) is 0.0909. The summed E-state index contributed by atoms with van der Waals surface area (Å²) in [6, 6.07) is 6.06. The molecule has 0 aliphatic heterocycles. The summed E-state index contributed by atoms with van der Waals surface area (Å²) in [6.07, 6.45) is 0. The SMILES string of the molecule is O=[N+]([O-])c1cc(Cl)ccc1Oc1ccsc1CS. The lowest BCUT2D eigenvalue weighted by Crippen LogP contribution is -1.93. The van der Waals surface area contributed by atoms with Gasteiger partial charge in [-0.1, -0.05) is 11.6 Å². The fourth-order valence-electron chi connectivity index (χ4n) is 1.37. The molecule has 0 spiro atoms. The summed E-state index contributed by atoms with van der Waals surface area (Å²) in [5.74, 6) is 1.28. The van der Waals surface area contributed by atoms with Gasteiger partial charge in [-0.15, -0.1) is 11.3 Å². The maximum atomic E-state index is 10.9. The summed E-state index contributed by atoms with van der Waals surface area (Å²) >= 11 is 11.4. The number of thiol groups is 1. The lowest BCUT2D eigenvalue weighted by molar-refractivity contribution is -0.385. The number of hydrogen-bond acceptors (Lipinski definition) is 5. The van der Waals surface area contributed by atoms with Gasteiger partial charge in [-0.2, -0.15) is 12.6 Å². The van der Waals surface area contributed by atoms with E-state index in [0.717, 1.165) is 4.88 Å². The highest BCUT2D eigenvalue weighted by atomic mass is 35.5. The normalized spacial score (nSPS) is 10.3. The molecule has 0 atom stereocenters. The molecule has 0 radical (unpaired) electrons. The van der Waals surface area contributed by atoms with Crippen LogP contribution in [0.15, 0.2) is 29.6 Å². The van der Waals surface area contributed by atoms with Crippen molar-refractivity contribution in [3.8, 4) is 11.5 Å². The molecule has 0 fully saturated rings. The molecule has 0 aliphatic carbocycles. The van der Waals surface area contributed by atoms with Crippen LogP contribution in [0.2, 0.25) is 5.02 Å². The van der Waals surface area contributed by atoms with E-state index < -0.39 is 4.92 Å². The van der Waals surface area contributed by atoms with Crippen LogP contribution in [0.1, 0.15) is 4.88 Å². The Morgan fingerprint density at radius 2 is 2.17 bits per heavy atom. The number of benzene rings is 1. The molecule has 0 bridgehead atoms. The summed E-state index contributed by atoms with van der Waals surface area (Å²) in [7, 11) is 0. The van der Waals surface area contributed by atoms with Crippen LogP contribution in [0.3, 0.4) is 0 Å². The Bertz CT molecular complexity index is 585. The molecule has 2 rings (SSSR count). The number of nitrogens with zero attached hydrogens (tertiary/aromatic N) is 1. The Labute approximate surface area is 118 Å². The van der Waals surface area contributed by atoms with Gasteiger partial charge in [0, 0.05) is 16.8 Å². The van der Waals surface area contributed by atoms with Crippen LogP contribution >= 0.6 is 35.6 Å². The van der Waals surface area contributed by atoms with Crippen molar-refractivity contribution in [1.29, 1.82) is 0 Å². The molecule has 2 aromatic rings. The van der Waals surface area contributed by atoms with E-state index in [1.807, 2.05) is 5.38 Å². The molecule has 7 heteroatoms. The van der Waals surface area contributed by atoms with Gasteiger partial charge in [0.15, 0.2) is 0 Å². The van der Waals surface area contributed by atoms with Crippen molar-refractivity contribution in [2.45, 2.75) is 5.75 Å². The molecule has 0 aliphatic rings. The molecule has 0 unspecified atom stereocenters. The van der Waals surface area contributed by atoms with Gasteiger partial charge in [0.05, 0.1) is 9.80 Å². The van der Waals surface area contributed by atoms with Crippen LogP contribution in [-0.4, -0.2) is 4.92 Å². The number of hydrogen-bond donors (Lipinski definition) is 1. The Morgan fingerprint density at radius 1 is 1.39 bits per heavy atom. The van der Waals surface area contributed by atoms with E-state index in [9.17, 15) is 10.1 Å². The van der Waals surface area contributed by atoms with Crippen molar-refractivity contribution < 1.29 is 9.66 Å². The third kappa shape index (κ3) is 2.77. The molecule has 4 nitrogen and oxygen atoms in total. The zero-order valence-electron chi connectivity index (χ0n) is 9.00. The summed E-state index contributed by atoms with van der Waals surface area (Å²) in [4.78, 5) is 11.3. The lowest BCUT2D eigenvalue weighted by atomic mass is 10.3.